The Balaban J connectivity index is 1.71. The van der Waals surface area contributed by atoms with Gasteiger partial charge in [0.1, 0.15) is 0 Å². The van der Waals surface area contributed by atoms with E-state index in [0.717, 1.165) is 12.8 Å². The highest BCUT2D eigenvalue weighted by Crippen LogP contribution is 2.25. The summed E-state index contributed by atoms with van der Waals surface area (Å²) in [4.78, 5) is 0.163. The van der Waals surface area contributed by atoms with Crippen LogP contribution in [-0.4, -0.2) is 34.2 Å². The summed E-state index contributed by atoms with van der Waals surface area (Å²) in [7, 11) is -7.24. The van der Waals surface area contributed by atoms with Gasteiger partial charge in [-0.15, -0.1) is 0 Å². The topological polar surface area (TPSA) is 83.6 Å². The van der Waals surface area contributed by atoms with E-state index in [1.165, 1.54) is 28.6 Å². The Morgan fingerprint density at radius 3 is 2.21 bits per heavy atom. The molecule has 152 valence electrons. The Morgan fingerprint density at radius 1 is 1.00 bits per heavy atom. The van der Waals surface area contributed by atoms with Crippen LogP contribution in [0, 0.1) is 5.92 Å². The number of anilines is 1. The maximum Gasteiger partial charge on any atom is 0.243 e. The van der Waals surface area contributed by atoms with E-state index in [1.54, 1.807) is 24.3 Å². The molecule has 1 saturated heterocycles. The second-order valence-electron chi connectivity index (χ2n) is 7.06. The van der Waals surface area contributed by atoms with Crippen LogP contribution >= 0.6 is 11.6 Å². The minimum Gasteiger partial charge on any atom is -0.283 e. The quantitative estimate of drug-likeness (QED) is 0.739. The molecule has 1 N–H and O–H groups in total. The summed E-state index contributed by atoms with van der Waals surface area (Å²) in [5.74, 6) is 0.264. The average Bonchev–Trinajstić information content (AvgIpc) is 2.64. The Labute approximate surface area is 171 Å². The molecule has 1 aliphatic rings. The first-order valence-corrected chi connectivity index (χ1v) is 12.5. The summed E-state index contributed by atoms with van der Waals surface area (Å²) in [6, 6.07) is 12.5. The molecule has 3 rings (SSSR count). The first kappa shape index (κ1) is 21.1. The van der Waals surface area contributed by atoms with Crippen LogP contribution in [0.4, 0.5) is 5.69 Å². The van der Waals surface area contributed by atoms with Gasteiger partial charge >= 0.3 is 0 Å². The van der Waals surface area contributed by atoms with Crippen LogP contribution in [0.3, 0.4) is 0 Å². The standard InChI is InChI=1S/C19H23ClN2O4S2/c1-15-10-12-22(13-11-15)28(25,26)18-8-6-17(7-9-18)21-27(23,24)14-16-4-2-3-5-19(16)20/h2-9,15,21H,10-14H2,1H3. The molecule has 2 aromatic carbocycles. The maximum absolute atomic E-state index is 12.7. The van der Waals surface area contributed by atoms with Gasteiger partial charge in [-0.3, -0.25) is 4.72 Å². The van der Waals surface area contributed by atoms with Gasteiger partial charge in [-0.1, -0.05) is 36.7 Å². The van der Waals surface area contributed by atoms with Crippen molar-refractivity contribution in [3.05, 3.63) is 59.1 Å². The molecule has 9 heteroatoms. The third kappa shape index (κ3) is 5.05. The van der Waals surface area contributed by atoms with Gasteiger partial charge in [0.15, 0.2) is 0 Å². The van der Waals surface area contributed by atoms with E-state index in [1.807, 2.05) is 0 Å². The minimum atomic E-state index is -3.68. The Morgan fingerprint density at radius 2 is 1.61 bits per heavy atom. The summed E-state index contributed by atoms with van der Waals surface area (Å²) >= 11 is 6.02. The van der Waals surface area contributed by atoms with Crippen LogP contribution in [0.5, 0.6) is 0 Å². The molecule has 0 unspecified atom stereocenters. The van der Waals surface area contributed by atoms with Crippen molar-refractivity contribution in [2.75, 3.05) is 17.8 Å². The van der Waals surface area contributed by atoms with Crippen molar-refractivity contribution in [2.24, 2.45) is 5.92 Å². The van der Waals surface area contributed by atoms with Crippen LogP contribution in [0.25, 0.3) is 0 Å². The number of sulfonamides is 2. The largest absolute Gasteiger partial charge is 0.283 e. The molecule has 0 amide bonds. The van der Waals surface area contributed by atoms with Crippen molar-refractivity contribution < 1.29 is 16.8 Å². The highest BCUT2D eigenvalue weighted by molar-refractivity contribution is 7.92. The second kappa shape index (κ2) is 8.41. The molecule has 1 aliphatic heterocycles. The van der Waals surface area contributed by atoms with Gasteiger partial charge in [-0.2, -0.15) is 4.31 Å². The highest BCUT2D eigenvalue weighted by Gasteiger charge is 2.28. The lowest BCUT2D eigenvalue weighted by Crippen LogP contribution is -2.37. The smallest absolute Gasteiger partial charge is 0.243 e. The summed E-state index contributed by atoms with van der Waals surface area (Å²) in [6.45, 7) is 3.14. The fraction of sp³-hybridized carbons (Fsp3) is 0.368. The molecule has 1 heterocycles. The maximum atomic E-state index is 12.7. The lowest BCUT2D eigenvalue weighted by molar-refractivity contribution is 0.288. The van der Waals surface area contributed by atoms with Gasteiger partial charge in [0.2, 0.25) is 20.0 Å². The lowest BCUT2D eigenvalue weighted by Gasteiger charge is -2.29. The van der Waals surface area contributed by atoms with Gasteiger partial charge in [-0.05, 0) is 54.7 Å². The van der Waals surface area contributed by atoms with Gasteiger partial charge in [-0.25, -0.2) is 16.8 Å². The third-order valence-electron chi connectivity index (χ3n) is 4.81. The Hall–Kier alpha value is -1.61. The third-order valence-corrected chi connectivity index (χ3v) is 8.33. The molecular formula is C19H23ClN2O4S2. The van der Waals surface area contributed by atoms with Crippen LogP contribution in [0.15, 0.2) is 53.4 Å². The molecule has 1 fully saturated rings. The van der Waals surface area contributed by atoms with Crippen LogP contribution in [-0.2, 0) is 25.8 Å². The van der Waals surface area contributed by atoms with Gasteiger partial charge < -0.3 is 0 Å². The lowest BCUT2D eigenvalue weighted by atomic mass is 10.0. The predicted octanol–water partition coefficient (Wildman–Crippen LogP) is 3.70. The summed E-state index contributed by atoms with van der Waals surface area (Å²) in [6.07, 6.45) is 1.69. The summed E-state index contributed by atoms with van der Waals surface area (Å²) < 4.78 is 54.2. The molecule has 6 nitrogen and oxygen atoms in total. The van der Waals surface area contributed by atoms with E-state index >= 15 is 0 Å². The molecule has 2 aromatic rings. The van der Waals surface area contributed by atoms with E-state index < -0.39 is 20.0 Å². The van der Waals surface area contributed by atoms with Crippen LogP contribution < -0.4 is 4.72 Å². The number of hydrogen-bond acceptors (Lipinski definition) is 4. The number of piperidine rings is 1. The molecule has 0 aromatic heterocycles. The monoisotopic (exact) mass is 442 g/mol. The van der Waals surface area contributed by atoms with Crippen LogP contribution in [0.1, 0.15) is 25.3 Å². The number of rotatable bonds is 6. The van der Waals surface area contributed by atoms with E-state index in [4.69, 9.17) is 11.6 Å². The normalized spacial score (nSPS) is 16.8. The Bertz CT molecular complexity index is 1030. The molecule has 0 saturated carbocycles. The molecule has 0 aliphatic carbocycles. The van der Waals surface area contributed by atoms with Crippen LogP contribution in [0.2, 0.25) is 5.02 Å². The minimum absolute atomic E-state index is 0.163. The van der Waals surface area contributed by atoms with Gasteiger partial charge in [0.05, 0.1) is 10.6 Å². The zero-order chi connectivity index (χ0) is 20.4. The second-order valence-corrected chi connectivity index (χ2v) is 11.1. The van der Waals surface area contributed by atoms with E-state index in [9.17, 15) is 16.8 Å². The number of hydrogen-bond donors (Lipinski definition) is 1. The number of nitrogens with one attached hydrogen (secondary N) is 1. The number of halogens is 1. The zero-order valence-electron chi connectivity index (χ0n) is 15.5. The SMILES string of the molecule is CC1CCN(S(=O)(=O)c2ccc(NS(=O)(=O)Cc3ccccc3Cl)cc2)CC1. The molecule has 0 radical (unpaired) electrons. The van der Waals surface area contributed by atoms with Crippen molar-refractivity contribution in [2.45, 2.75) is 30.4 Å². The van der Waals surface area contributed by atoms with Gasteiger partial charge in [0.25, 0.3) is 0 Å². The number of nitrogens with zero attached hydrogens (tertiary/aromatic N) is 1. The zero-order valence-corrected chi connectivity index (χ0v) is 17.9. The van der Waals surface area contributed by atoms with Crippen molar-refractivity contribution in [1.29, 1.82) is 0 Å². The van der Waals surface area contributed by atoms with E-state index in [2.05, 4.69) is 11.6 Å². The average molecular weight is 443 g/mol. The molecule has 28 heavy (non-hydrogen) atoms. The summed E-state index contributed by atoms with van der Waals surface area (Å²) in [5, 5.41) is 0.380. The first-order chi connectivity index (χ1) is 13.2. The molecule has 0 spiro atoms. The van der Waals surface area contributed by atoms with E-state index in [0.29, 0.717) is 35.3 Å². The predicted molar refractivity (Wildman–Crippen MR) is 111 cm³/mol. The molecule has 0 bridgehead atoms. The highest BCUT2D eigenvalue weighted by atomic mass is 35.5. The van der Waals surface area contributed by atoms with E-state index in [-0.39, 0.29) is 10.6 Å². The van der Waals surface area contributed by atoms with Crippen molar-refractivity contribution in [3.63, 3.8) is 0 Å². The summed E-state index contributed by atoms with van der Waals surface area (Å²) in [5.41, 5.74) is 0.800. The van der Waals surface area contributed by atoms with Crippen molar-refractivity contribution in [1.82, 2.24) is 4.31 Å². The number of benzene rings is 2. The fourth-order valence-electron chi connectivity index (χ4n) is 3.11. The van der Waals surface area contributed by atoms with Crippen molar-refractivity contribution in [3.8, 4) is 0 Å². The fourth-order valence-corrected chi connectivity index (χ4v) is 6.09. The first-order valence-electron chi connectivity index (χ1n) is 9.01. The van der Waals surface area contributed by atoms with Gasteiger partial charge in [0, 0.05) is 23.8 Å². The Kier molecular flexibility index (Phi) is 6.34. The molecule has 0 atom stereocenters. The molecular weight excluding hydrogens is 420 g/mol. The van der Waals surface area contributed by atoms with Crippen molar-refractivity contribution >= 4 is 37.3 Å².